The number of anilines is 2. The standard InChI is InChI=1S/C14H16N4.C4H10S/c1-17(13-9-5-3-6-10-13)15-16-18(2)14-11-7-4-8-12-14;1-4(2)3-5/h3-12H,1-2H3;4-5H,3H2,1-2H3/b16-15+;. The van der Waals surface area contributed by atoms with E-state index in [0.29, 0.717) is 0 Å². The van der Waals surface area contributed by atoms with Crippen LogP contribution in [0.15, 0.2) is 71.1 Å². The highest BCUT2D eigenvalue weighted by Gasteiger charge is 1.99. The van der Waals surface area contributed by atoms with Crippen molar-refractivity contribution in [3.63, 3.8) is 0 Å². The second kappa shape index (κ2) is 10.7. The van der Waals surface area contributed by atoms with Crippen molar-refractivity contribution >= 4 is 24.0 Å². The molecule has 0 aromatic heterocycles. The Morgan fingerprint density at radius 2 is 1.09 bits per heavy atom. The minimum atomic E-state index is 0.748. The van der Waals surface area contributed by atoms with Crippen LogP contribution in [0.3, 0.4) is 0 Å². The maximum absolute atomic E-state index is 4.15. The highest BCUT2D eigenvalue weighted by Crippen LogP contribution is 2.14. The van der Waals surface area contributed by atoms with Crippen molar-refractivity contribution in [2.24, 2.45) is 16.4 Å². The van der Waals surface area contributed by atoms with Crippen LogP contribution in [0.25, 0.3) is 0 Å². The van der Waals surface area contributed by atoms with Gasteiger partial charge in [-0.3, -0.25) is 0 Å². The van der Waals surface area contributed by atoms with E-state index in [1.54, 1.807) is 10.0 Å². The van der Waals surface area contributed by atoms with E-state index >= 15 is 0 Å². The number of hydrogen-bond donors (Lipinski definition) is 1. The molecule has 0 unspecified atom stereocenters. The fourth-order valence-corrected chi connectivity index (χ4v) is 1.51. The summed E-state index contributed by atoms with van der Waals surface area (Å²) in [5.41, 5.74) is 2.01. The zero-order chi connectivity index (χ0) is 17.1. The smallest absolute Gasteiger partial charge is 0.0608 e. The van der Waals surface area contributed by atoms with Gasteiger partial charge in [0.2, 0.25) is 0 Å². The lowest BCUT2D eigenvalue weighted by Crippen LogP contribution is -2.12. The van der Waals surface area contributed by atoms with Crippen molar-refractivity contribution in [3.8, 4) is 0 Å². The molecule has 0 spiro atoms. The number of benzene rings is 2. The van der Waals surface area contributed by atoms with Gasteiger partial charge in [-0.1, -0.05) is 50.2 Å². The molecule has 0 atom stereocenters. The molecule has 23 heavy (non-hydrogen) atoms. The Bertz CT molecular complexity index is 510. The van der Waals surface area contributed by atoms with Crippen molar-refractivity contribution in [2.45, 2.75) is 13.8 Å². The van der Waals surface area contributed by atoms with Gasteiger partial charge in [-0.25, -0.2) is 10.0 Å². The highest BCUT2D eigenvalue weighted by atomic mass is 32.1. The first kappa shape index (κ1) is 19.0. The monoisotopic (exact) mass is 330 g/mol. The van der Waals surface area contributed by atoms with Gasteiger partial charge in [0.05, 0.1) is 11.4 Å². The molecule has 0 aliphatic rings. The van der Waals surface area contributed by atoms with E-state index in [9.17, 15) is 0 Å². The lowest BCUT2D eigenvalue weighted by molar-refractivity contribution is 0.753. The van der Waals surface area contributed by atoms with Crippen molar-refractivity contribution in [1.82, 2.24) is 0 Å². The van der Waals surface area contributed by atoms with E-state index in [0.717, 1.165) is 23.0 Å². The third-order valence-electron chi connectivity index (χ3n) is 2.93. The molecule has 0 aliphatic heterocycles. The largest absolute Gasteiger partial charge is 0.249 e. The molecule has 0 bridgehead atoms. The number of para-hydroxylation sites is 2. The summed E-state index contributed by atoms with van der Waals surface area (Å²) in [4.78, 5) is 0. The summed E-state index contributed by atoms with van der Waals surface area (Å²) in [5.74, 6) is 1.75. The van der Waals surface area contributed by atoms with Gasteiger partial charge in [0, 0.05) is 14.1 Å². The molecule has 0 radical (unpaired) electrons. The Labute approximate surface area is 145 Å². The molecular formula is C18H26N4S. The molecule has 124 valence electrons. The minimum Gasteiger partial charge on any atom is -0.249 e. The van der Waals surface area contributed by atoms with Crippen LogP contribution in [0.5, 0.6) is 0 Å². The number of rotatable bonds is 5. The Morgan fingerprint density at radius 3 is 1.35 bits per heavy atom. The molecule has 4 nitrogen and oxygen atoms in total. The maximum atomic E-state index is 4.15. The lowest BCUT2D eigenvalue weighted by atomic mass is 10.3. The molecule has 0 saturated carbocycles. The van der Waals surface area contributed by atoms with E-state index in [2.05, 4.69) is 36.9 Å². The molecule has 0 heterocycles. The molecule has 2 rings (SSSR count). The van der Waals surface area contributed by atoms with E-state index in [1.165, 1.54) is 0 Å². The van der Waals surface area contributed by atoms with Gasteiger partial charge in [-0.15, -0.1) is 0 Å². The highest BCUT2D eigenvalue weighted by molar-refractivity contribution is 7.80. The first-order valence-electron chi connectivity index (χ1n) is 7.64. The van der Waals surface area contributed by atoms with Crippen molar-refractivity contribution in [3.05, 3.63) is 60.7 Å². The van der Waals surface area contributed by atoms with E-state index < -0.39 is 0 Å². The van der Waals surface area contributed by atoms with Gasteiger partial charge < -0.3 is 0 Å². The van der Waals surface area contributed by atoms with Gasteiger partial charge in [-0.2, -0.15) is 12.6 Å². The lowest BCUT2D eigenvalue weighted by Gasteiger charge is -2.14. The summed E-state index contributed by atoms with van der Waals surface area (Å²) < 4.78 is 0. The molecule has 0 N–H and O–H groups in total. The third kappa shape index (κ3) is 7.70. The van der Waals surface area contributed by atoms with Crippen LogP contribution in [0.4, 0.5) is 11.4 Å². The fourth-order valence-electron chi connectivity index (χ4n) is 1.51. The normalized spacial score (nSPS) is 10.3. The summed E-state index contributed by atoms with van der Waals surface area (Å²) >= 11 is 4.02. The molecular weight excluding hydrogens is 304 g/mol. The van der Waals surface area contributed by atoms with E-state index in [4.69, 9.17) is 0 Å². The predicted molar refractivity (Wildman–Crippen MR) is 103 cm³/mol. The summed E-state index contributed by atoms with van der Waals surface area (Å²) in [6.07, 6.45) is 0. The quantitative estimate of drug-likeness (QED) is 0.469. The third-order valence-corrected chi connectivity index (χ3v) is 3.66. The minimum absolute atomic E-state index is 0.748. The number of thiol groups is 1. The van der Waals surface area contributed by atoms with Crippen LogP contribution in [0.2, 0.25) is 0 Å². The summed E-state index contributed by atoms with van der Waals surface area (Å²) in [6.45, 7) is 4.29. The average Bonchev–Trinajstić information content (AvgIpc) is 2.61. The Kier molecular flexibility index (Phi) is 8.83. The molecule has 2 aromatic carbocycles. The fraction of sp³-hybridized carbons (Fsp3) is 0.333. The second-order valence-corrected chi connectivity index (χ2v) is 5.84. The zero-order valence-electron chi connectivity index (χ0n) is 14.3. The Balaban J connectivity index is 0.000000463. The van der Waals surface area contributed by atoms with Crippen LogP contribution in [0, 0.1) is 5.92 Å². The summed E-state index contributed by atoms with van der Waals surface area (Å²) in [7, 11) is 3.75. The van der Waals surface area contributed by atoms with Crippen molar-refractivity contribution in [2.75, 3.05) is 29.9 Å². The van der Waals surface area contributed by atoms with Crippen LogP contribution in [0.1, 0.15) is 13.8 Å². The first-order valence-corrected chi connectivity index (χ1v) is 8.27. The molecule has 0 saturated heterocycles. The summed E-state index contributed by atoms with van der Waals surface area (Å²) in [5, 5.41) is 11.8. The number of nitrogens with zero attached hydrogens (tertiary/aromatic N) is 4. The molecule has 2 aromatic rings. The predicted octanol–water partition coefficient (Wildman–Crippen LogP) is 5.11. The zero-order valence-corrected chi connectivity index (χ0v) is 15.2. The van der Waals surface area contributed by atoms with Crippen molar-refractivity contribution in [1.29, 1.82) is 0 Å². The molecule has 5 heteroatoms. The van der Waals surface area contributed by atoms with Gasteiger partial charge in [0.1, 0.15) is 0 Å². The van der Waals surface area contributed by atoms with Gasteiger partial charge >= 0.3 is 0 Å². The topological polar surface area (TPSA) is 31.2 Å². The Hall–Kier alpha value is -2.01. The van der Waals surface area contributed by atoms with Gasteiger partial charge in [-0.05, 0) is 46.4 Å². The van der Waals surface area contributed by atoms with Crippen LogP contribution < -0.4 is 10.0 Å². The summed E-state index contributed by atoms with van der Waals surface area (Å²) in [6, 6.07) is 19.8. The van der Waals surface area contributed by atoms with E-state index in [-0.39, 0.29) is 0 Å². The number of hydrogen-bond acceptors (Lipinski definition) is 3. The molecule has 0 aliphatic carbocycles. The van der Waals surface area contributed by atoms with Crippen molar-refractivity contribution < 1.29 is 0 Å². The van der Waals surface area contributed by atoms with Gasteiger partial charge in [0.15, 0.2) is 0 Å². The average molecular weight is 331 g/mol. The second-order valence-electron chi connectivity index (χ2n) is 5.47. The first-order chi connectivity index (χ1) is 11.0. The molecule has 0 fully saturated rings. The van der Waals surface area contributed by atoms with Crippen LogP contribution >= 0.6 is 12.6 Å². The SMILES string of the molecule is CC(C)CS.CN(/N=N/N(C)c1ccccc1)c1ccccc1. The van der Waals surface area contributed by atoms with Crippen LogP contribution in [-0.4, -0.2) is 19.8 Å². The maximum Gasteiger partial charge on any atom is 0.0608 e. The molecule has 0 amide bonds. The van der Waals surface area contributed by atoms with E-state index in [1.807, 2.05) is 74.8 Å². The Morgan fingerprint density at radius 1 is 0.783 bits per heavy atom. The van der Waals surface area contributed by atoms with Crippen LogP contribution in [-0.2, 0) is 0 Å². The van der Waals surface area contributed by atoms with Gasteiger partial charge in [0.25, 0.3) is 0 Å².